The molecule has 0 unspecified atom stereocenters. The molecule has 1 amide bonds. The molecule has 0 bridgehead atoms. The summed E-state index contributed by atoms with van der Waals surface area (Å²) in [6.45, 7) is -19.8. The van der Waals surface area contributed by atoms with Crippen molar-refractivity contribution >= 4 is 17.7 Å². The Kier molecular flexibility index (Phi) is 5.22. The van der Waals surface area contributed by atoms with E-state index in [4.69, 9.17) is 26.0 Å². The van der Waals surface area contributed by atoms with Crippen LogP contribution in [0, 0.1) is 12.7 Å². The van der Waals surface area contributed by atoms with Crippen LogP contribution < -0.4 is 5.56 Å². The minimum Gasteiger partial charge on any atom is -0.336 e. The van der Waals surface area contributed by atoms with E-state index in [1.54, 1.807) is 0 Å². The molecule has 0 saturated heterocycles. The molecule has 1 aliphatic carbocycles. The molecule has 0 fully saturated rings. The van der Waals surface area contributed by atoms with Crippen LogP contribution in [0.15, 0.2) is 76.5 Å². The van der Waals surface area contributed by atoms with Gasteiger partial charge in [0.25, 0.3) is 5.56 Å². The molecule has 1 aromatic heterocycles. The maximum absolute atomic E-state index is 15.2. The van der Waals surface area contributed by atoms with Gasteiger partial charge in [0.2, 0.25) is 5.91 Å². The number of hydrogen-bond donors (Lipinski definition) is 0. The molecule has 4 aromatic rings. The lowest BCUT2D eigenvalue weighted by atomic mass is 9.98. The Morgan fingerprint density at radius 1 is 1.02 bits per heavy atom. The normalized spacial score (nSPS) is 24.5. The minimum absolute atomic E-state index is 0.259. The molecule has 11 heteroatoms. The number of nitrogens with zero attached hydrogens (tertiary/aromatic N) is 4. The van der Waals surface area contributed by atoms with Gasteiger partial charge in [-0.25, -0.2) is 4.39 Å². The average molecular weight is 704 g/mol. The summed E-state index contributed by atoms with van der Waals surface area (Å²) in [4.78, 5) is 31.4. The highest BCUT2D eigenvalue weighted by molar-refractivity contribution is 7.98. The van der Waals surface area contributed by atoms with Crippen molar-refractivity contribution in [1.29, 1.82) is 0 Å². The second kappa shape index (κ2) is 15.5. The van der Waals surface area contributed by atoms with Crippen molar-refractivity contribution < 1.29 is 53.9 Å². The number of hydrogen-bond acceptors (Lipinski definition) is 5. The summed E-state index contributed by atoms with van der Waals surface area (Å²) >= 11 is 0.446. The van der Waals surface area contributed by atoms with E-state index < -0.39 is 178 Å². The predicted octanol–water partition coefficient (Wildman–Crippen LogP) is 7.53. The Morgan fingerprint density at radius 3 is 2.38 bits per heavy atom. The number of alkyl halides is 3. The van der Waals surface area contributed by atoms with Crippen molar-refractivity contribution in [3.05, 3.63) is 116 Å². The number of carbonyl (C=O) groups excluding carboxylic acids is 1. The van der Waals surface area contributed by atoms with Crippen LogP contribution in [-0.2, 0) is 42.5 Å². The van der Waals surface area contributed by atoms with Gasteiger partial charge in [-0.05, 0) is 85.0 Å². The Morgan fingerprint density at radius 2 is 1.71 bits per heavy atom. The van der Waals surface area contributed by atoms with E-state index in [1.165, 1.54) is 12.1 Å². The molecule has 5 rings (SSSR count). The Balaban J connectivity index is 1.90. The Hall–Kier alpha value is -3.96. The summed E-state index contributed by atoms with van der Waals surface area (Å²) in [5, 5.41) is -0.795. The number of rotatable bonds is 13. The van der Waals surface area contributed by atoms with E-state index in [0.717, 1.165) is 12.1 Å². The minimum atomic E-state index is -5.31. The number of amides is 1. The summed E-state index contributed by atoms with van der Waals surface area (Å²) in [6, 6.07) is -5.93. The van der Waals surface area contributed by atoms with E-state index in [0.29, 0.717) is 37.1 Å². The van der Waals surface area contributed by atoms with Crippen molar-refractivity contribution in [1.82, 2.24) is 19.4 Å². The van der Waals surface area contributed by atoms with Crippen molar-refractivity contribution in [3.63, 3.8) is 0 Å². The first-order valence-corrected chi connectivity index (χ1v) is 14.7. The van der Waals surface area contributed by atoms with Crippen molar-refractivity contribution in [2.75, 3.05) is 26.0 Å². The zero-order chi connectivity index (χ0) is 54.9. The number of thioether (sulfide) groups is 1. The smallest absolute Gasteiger partial charge is 0.336 e. The second-order valence-corrected chi connectivity index (χ2v) is 10.6. The Bertz CT molecular complexity index is 2810. The lowest BCUT2D eigenvalue weighted by Crippen LogP contribution is -2.40. The Labute approximate surface area is 315 Å². The first-order chi connectivity index (χ1) is 31.8. The van der Waals surface area contributed by atoms with E-state index in [9.17, 15) is 27.8 Å². The van der Waals surface area contributed by atoms with Gasteiger partial charge >= 0.3 is 6.18 Å². The molecule has 0 atom stereocenters. The lowest BCUT2D eigenvalue weighted by Gasteiger charge is -2.28. The standard InChI is InChI=1S/C37H40F4N4O2S/c1-4-43(5-2)19-20-44(22-26-9-13-28(14-10-26)29-15-18-32(25(3)21-29)37(39,40)41)34(46)23-45-33-8-6-7-31(33)35(47)42-36(45)48-24-27-11-16-30(38)17-12-27/h9-18,21H,4-8,19-20,22-24H2,1-3H3/i4D2,5D2,6D2,7D2,8D2,9D,10D,13D,14D,15D,18D,19D2,20D2,21D,22D2. The first-order valence-electron chi connectivity index (χ1n) is 25.2. The lowest BCUT2D eigenvalue weighted by molar-refractivity contribution is -0.138. The van der Waals surface area contributed by atoms with Gasteiger partial charge < -0.3 is 14.4 Å². The van der Waals surface area contributed by atoms with Crippen LogP contribution in [-0.4, -0.2) is 51.2 Å². The fourth-order valence-electron chi connectivity index (χ4n) is 4.11. The first kappa shape index (κ1) is 16.2. The molecule has 0 aliphatic heterocycles. The number of carbonyl (C=O) groups is 1. The van der Waals surface area contributed by atoms with Crippen molar-refractivity contribution in [2.45, 2.75) is 70.0 Å². The van der Waals surface area contributed by atoms with Crippen LogP contribution in [0.3, 0.4) is 0 Å². The predicted molar refractivity (Wildman–Crippen MR) is 181 cm³/mol. The zero-order valence-corrected chi connectivity index (χ0v) is 26.1. The third-order valence-corrected chi connectivity index (χ3v) is 7.49. The van der Waals surface area contributed by atoms with Gasteiger partial charge in [0, 0.05) is 52.9 Å². The summed E-state index contributed by atoms with van der Waals surface area (Å²) in [7, 11) is 0. The largest absolute Gasteiger partial charge is 0.416 e. The molecule has 48 heavy (non-hydrogen) atoms. The van der Waals surface area contributed by atoms with E-state index in [-0.39, 0.29) is 11.3 Å². The summed E-state index contributed by atoms with van der Waals surface area (Å²) in [6.07, 6.45) is -16.2. The SMILES string of the molecule is [2H]c1c([2H])c(C([2H])([2H])N(C(=O)Cn2c(SCc3ccc(F)cc3)nc(=O)c3c2C([2H])([2H])C([2H])([2H])C3([2H])[2H])C([2H])([2H])C([2H])([2H])N(C([2H])([2H])C)C([2H])([2H])C)c([2H])c([2H])c1-c1c([2H])c([2H])c(C(F)(F)F)c(C)c1[2H]. The monoisotopic (exact) mass is 703 g/mol. The number of benzene rings is 3. The number of fused-ring (bicyclic) bond motifs is 1. The van der Waals surface area contributed by atoms with Crippen LogP contribution in [0.5, 0.6) is 0 Å². The van der Waals surface area contributed by atoms with Crippen LogP contribution >= 0.6 is 11.8 Å². The second-order valence-electron chi connectivity index (χ2n) is 9.64. The van der Waals surface area contributed by atoms with Gasteiger partial charge in [0.1, 0.15) is 12.4 Å². The van der Waals surface area contributed by atoms with E-state index in [2.05, 4.69) is 4.98 Å². The van der Waals surface area contributed by atoms with Crippen LogP contribution in [0.1, 0.15) is 85.3 Å². The molecule has 6 nitrogen and oxygen atoms in total. The molecule has 1 heterocycles. The fraction of sp³-hybridized carbons (Fsp3) is 0.378. The maximum Gasteiger partial charge on any atom is 0.416 e. The molecule has 1 aliphatic rings. The van der Waals surface area contributed by atoms with Gasteiger partial charge in [-0.2, -0.15) is 18.2 Å². The van der Waals surface area contributed by atoms with Gasteiger partial charge in [0.15, 0.2) is 5.16 Å². The van der Waals surface area contributed by atoms with Gasteiger partial charge in [0.05, 0.1) is 20.6 Å². The topological polar surface area (TPSA) is 58.4 Å². The zero-order valence-electron chi connectivity index (χ0n) is 48.2. The molecule has 0 radical (unpaired) electrons. The van der Waals surface area contributed by atoms with Gasteiger partial charge in [-0.1, -0.05) is 74.0 Å². The molecule has 3 aromatic carbocycles. The summed E-state index contributed by atoms with van der Waals surface area (Å²) in [5.41, 5.74) is -10.6. The number of likely N-dealkylation sites (N-methyl/N-ethyl adjacent to an activating group) is 1. The summed E-state index contributed by atoms with van der Waals surface area (Å²) in [5.74, 6) is -3.21. The molecule has 0 N–H and O–H groups in total. The van der Waals surface area contributed by atoms with Gasteiger partial charge in [-0.15, -0.1) is 0 Å². The van der Waals surface area contributed by atoms with Crippen molar-refractivity contribution in [2.24, 2.45) is 0 Å². The molecule has 0 spiro atoms. The molecule has 0 saturated carbocycles. The third-order valence-electron chi connectivity index (χ3n) is 6.44. The van der Waals surface area contributed by atoms with Crippen LogP contribution in [0.2, 0.25) is 0 Å². The highest BCUT2D eigenvalue weighted by Gasteiger charge is 2.32. The van der Waals surface area contributed by atoms with Crippen LogP contribution in [0.25, 0.3) is 11.1 Å². The van der Waals surface area contributed by atoms with Gasteiger partial charge in [-0.3, -0.25) is 9.59 Å². The fourth-order valence-corrected chi connectivity index (χ4v) is 5.06. The number of aromatic nitrogens is 2. The number of halogens is 4. The highest BCUT2D eigenvalue weighted by atomic mass is 32.2. The van der Waals surface area contributed by atoms with Crippen LogP contribution in [0.4, 0.5) is 17.6 Å². The quantitative estimate of drug-likeness (QED) is 0.0819. The molecular weight excluding hydrogens is 640 g/mol. The third kappa shape index (κ3) is 8.54. The highest BCUT2D eigenvalue weighted by Crippen LogP contribution is 2.34. The molecular formula is C37H40F4N4O2S. The molecule has 254 valence electrons. The summed E-state index contributed by atoms with van der Waals surface area (Å²) < 4.78 is 257. The van der Waals surface area contributed by atoms with E-state index >= 15 is 4.79 Å². The van der Waals surface area contributed by atoms with E-state index in [1.807, 2.05) is 0 Å². The van der Waals surface area contributed by atoms with Crippen molar-refractivity contribution in [3.8, 4) is 11.1 Å². The maximum atomic E-state index is 15.2. The average Bonchev–Trinajstić information content (AvgIpc) is 3.29.